The molecule has 3 aromatic rings. The second-order valence-electron chi connectivity index (χ2n) is 6.74. The number of fused-ring (bicyclic) bond motifs is 1. The number of amides is 1. The van der Waals surface area contributed by atoms with E-state index < -0.39 is 17.6 Å². The number of nitrogens with zero attached hydrogens (tertiary/aromatic N) is 2. The molecule has 152 valence electrons. The van der Waals surface area contributed by atoms with Crippen LogP contribution in [0.1, 0.15) is 16.7 Å². The fourth-order valence-electron chi connectivity index (χ4n) is 3.46. The fraction of sp³-hybridized carbons (Fsp3) is 0.0909. The van der Waals surface area contributed by atoms with Crippen molar-refractivity contribution in [1.29, 1.82) is 0 Å². The van der Waals surface area contributed by atoms with E-state index in [0.717, 1.165) is 17.7 Å². The van der Waals surface area contributed by atoms with Gasteiger partial charge in [-0.3, -0.25) is 4.79 Å². The molecule has 1 N–H and O–H groups in total. The van der Waals surface area contributed by atoms with Crippen molar-refractivity contribution >= 4 is 28.9 Å². The predicted octanol–water partition coefficient (Wildman–Crippen LogP) is 5.75. The smallest absolute Gasteiger partial charge is 0.410 e. The highest BCUT2D eigenvalue weighted by atomic mass is 35.5. The maximum absolute atomic E-state index is 12.9. The summed E-state index contributed by atoms with van der Waals surface area (Å²) in [5.74, 6) is -0.498. The van der Waals surface area contributed by atoms with E-state index in [9.17, 15) is 23.2 Å². The molecular weight excluding hydrogens is 417 g/mol. The van der Waals surface area contributed by atoms with Crippen LogP contribution in [0.4, 0.5) is 18.9 Å². The summed E-state index contributed by atoms with van der Waals surface area (Å²) in [5, 5.41) is 13.2. The third-order valence-electron chi connectivity index (χ3n) is 4.89. The highest BCUT2D eigenvalue weighted by Gasteiger charge is 2.37. The second kappa shape index (κ2) is 7.50. The average molecular weight is 431 g/mol. The highest BCUT2D eigenvalue weighted by molar-refractivity contribution is 6.55. The molecule has 0 bridgehead atoms. The largest absolute Gasteiger partial charge is 0.416 e. The Balaban J connectivity index is 1.78. The first-order chi connectivity index (χ1) is 14.3. The first-order valence-electron chi connectivity index (χ1n) is 8.89. The van der Waals surface area contributed by atoms with E-state index in [2.05, 4.69) is 5.16 Å². The van der Waals surface area contributed by atoms with E-state index in [4.69, 9.17) is 11.6 Å². The average Bonchev–Trinajstić information content (AvgIpc) is 3.00. The summed E-state index contributed by atoms with van der Waals surface area (Å²) >= 11 is 5.91. The molecule has 30 heavy (non-hydrogen) atoms. The normalized spacial score (nSPS) is 15.0. The lowest BCUT2D eigenvalue weighted by molar-refractivity contribution is -0.137. The van der Waals surface area contributed by atoms with Crippen LogP contribution in [-0.2, 0) is 17.5 Å². The Morgan fingerprint density at radius 3 is 2.23 bits per heavy atom. The number of hydrogen-bond acceptors (Lipinski definition) is 3. The zero-order chi connectivity index (χ0) is 21.5. The van der Waals surface area contributed by atoms with Crippen LogP contribution < -0.4 is 4.90 Å². The molecule has 1 heterocycles. The van der Waals surface area contributed by atoms with Gasteiger partial charge in [0.15, 0.2) is 5.71 Å². The molecule has 3 aromatic carbocycles. The van der Waals surface area contributed by atoms with Gasteiger partial charge in [0.1, 0.15) is 0 Å². The molecule has 0 unspecified atom stereocenters. The Labute approximate surface area is 174 Å². The van der Waals surface area contributed by atoms with Gasteiger partial charge in [0.25, 0.3) is 5.91 Å². The Hall–Kier alpha value is -3.32. The van der Waals surface area contributed by atoms with Crippen LogP contribution in [0, 0.1) is 0 Å². The molecule has 0 aromatic heterocycles. The number of halogens is 4. The van der Waals surface area contributed by atoms with Crippen LogP contribution in [-0.4, -0.2) is 16.8 Å². The summed E-state index contributed by atoms with van der Waals surface area (Å²) in [6.07, 6.45) is -4.44. The minimum absolute atomic E-state index is 0.158. The minimum atomic E-state index is -4.44. The van der Waals surface area contributed by atoms with Gasteiger partial charge in [0.05, 0.1) is 17.8 Å². The number of oxime groups is 1. The van der Waals surface area contributed by atoms with E-state index in [-0.39, 0.29) is 12.3 Å². The van der Waals surface area contributed by atoms with E-state index in [1.54, 1.807) is 42.5 Å². The number of hydrogen-bond donors (Lipinski definition) is 1. The molecule has 0 atom stereocenters. The van der Waals surface area contributed by atoms with Crippen LogP contribution >= 0.6 is 11.6 Å². The first-order valence-corrected chi connectivity index (χ1v) is 9.27. The number of carbonyl (C=O) groups is 1. The van der Waals surface area contributed by atoms with Crippen molar-refractivity contribution in [1.82, 2.24) is 0 Å². The van der Waals surface area contributed by atoms with Gasteiger partial charge in [-0.1, -0.05) is 53.2 Å². The van der Waals surface area contributed by atoms with Gasteiger partial charge >= 0.3 is 6.18 Å². The van der Waals surface area contributed by atoms with Gasteiger partial charge in [-0.15, -0.1) is 0 Å². The van der Waals surface area contributed by atoms with Crippen LogP contribution in [0.2, 0.25) is 5.02 Å². The highest BCUT2D eigenvalue weighted by Crippen LogP contribution is 2.39. The van der Waals surface area contributed by atoms with Crippen molar-refractivity contribution in [2.24, 2.45) is 5.16 Å². The quantitative estimate of drug-likeness (QED) is 0.425. The number of rotatable bonds is 3. The number of alkyl halides is 3. The Bertz CT molecular complexity index is 1140. The molecular formula is C22H14ClF3N2O2. The van der Waals surface area contributed by atoms with E-state index in [1.807, 2.05) is 0 Å². The molecule has 8 heteroatoms. The summed E-state index contributed by atoms with van der Waals surface area (Å²) in [6, 6.07) is 16.7. The summed E-state index contributed by atoms with van der Waals surface area (Å²) in [5.41, 5.74) is 1.75. The van der Waals surface area contributed by atoms with E-state index in [0.29, 0.717) is 27.4 Å². The molecule has 4 rings (SSSR count). The first kappa shape index (κ1) is 20.0. The number of carbonyl (C=O) groups excluding carboxylic acids is 1. The molecule has 1 amide bonds. The standard InChI is InChI=1S/C22H14ClF3N2O2/c23-16-10-4-13(5-11-16)12-28-18-3-1-2-17(19(18)20(27-30)21(28)29)14-6-8-15(9-7-14)22(24,25)26/h1-11,30H,12H2. The Morgan fingerprint density at radius 1 is 0.967 bits per heavy atom. The molecule has 1 aliphatic heterocycles. The van der Waals surface area contributed by atoms with Crippen molar-refractivity contribution < 1.29 is 23.2 Å². The Kier molecular flexibility index (Phi) is 4.99. The van der Waals surface area contributed by atoms with Gasteiger partial charge in [0, 0.05) is 10.6 Å². The summed E-state index contributed by atoms with van der Waals surface area (Å²) in [6.45, 7) is 0.221. The maximum Gasteiger partial charge on any atom is 0.416 e. The second-order valence-corrected chi connectivity index (χ2v) is 7.18. The van der Waals surface area contributed by atoms with E-state index in [1.165, 1.54) is 17.0 Å². The molecule has 0 radical (unpaired) electrons. The van der Waals surface area contributed by atoms with E-state index >= 15 is 0 Å². The summed E-state index contributed by atoms with van der Waals surface area (Å²) in [7, 11) is 0. The predicted molar refractivity (Wildman–Crippen MR) is 108 cm³/mol. The zero-order valence-corrected chi connectivity index (χ0v) is 16.1. The molecule has 0 fully saturated rings. The van der Waals surface area contributed by atoms with Crippen molar-refractivity contribution in [3.63, 3.8) is 0 Å². The van der Waals surface area contributed by atoms with Crippen LogP contribution in [0.3, 0.4) is 0 Å². The lowest BCUT2D eigenvalue weighted by Crippen LogP contribution is -2.29. The van der Waals surface area contributed by atoms with Crippen molar-refractivity contribution in [3.05, 3.63) is 88.4 Å². The van der Waals surface area contributed by atoms with Crippen LogP contribution in [0.25, 0.3) is 11.1 Å². The molecule has 4 nitrogen and oxygen atoms in total. The summed E-state index contributed by atoms with van der Waals surface area (Å²) < 4.78 is 38.6. The lowest BCUT2D eigenvalue weighted by Gasteiger charge is -2.17. The summed E-state index contributed by atoms with van der Waals surface area (Å²) in [4.78, 5) is 14.4. The molecule has 0 spiro atoms. The lowest BCUT2D eigenvalue weighted by atomic mass is 9.96. The van der Waals surface area contributed by atoms with Crippen molar-refractivity contribution in [2.75, 3.05) is 4.90 Å². The Morgan fingerprint density at radius 2 is 1.63 bits per heavy atom. The molecule has 0 saturated carbocycles. The molecule has 0 saturated heterocycles. The minimum Gasteiger partial charge on any atom is -0.410 e. The maximum atomic E-state index is 12.9. The zero-order valence-electron chi connectivity index (χ0n) is 15.3. The van der Waals surface area contributed by atoms with Gasteiger partial charge in [-0.25, -0.2) is 0 Å². The topological polar surface area (TPSA) is 52.9 Å². The van der Waals surface area contributed by atoms with Crippen molar-refractivity contribution in [2.45, 2.75) is 12.7 Å². The monoisotopic (exact) mass is 430 g/mol. The molecule has 0 aliphatic carbocycles. The van der Waals surface area contributed by atoms with Crippen LogP contribution in [0.5, 0.6) is 0 Å². The number of benzene rings is 3. The SMILES string of the molecule is O=C1C(=NO)c2c(-c3ccc(C(F)(F)F)cc3)cccc2N1Cc1ccc(Cl)cc1. The van der Waals surface area contributed by atoms with Gasteiger partial charge in [-0.2, -0.15) is 13.2 Å². The van der Waals surface area contributed by atoms with Gasteiger partial charge in [0.2, 0.25) is 0 Å². The van der Waals surface area contributed by atoms with Gasteiger partial charge in [-0.05, 0) is 47.0 Å². The number of anilines is 1. The van der Waals surface area contributed by atoms with Crippen LogP contribution in [0.15, 0.2) is 71.9 Å². The third kappa shape index (κ3) is 3.52. The molecule has 1 aliphatic rings. The third-order valence-corrected chi connectivity index (χ3v) is 5.15. The fourth-order valence-corrected chi connectivity index (χ4v) is 3.59. The van der Waals surface area contributed by atoms with Crippen molar-refractivity contribution in [3.8, 4) is 11.1 Å². The van der Waals surface area contributed by atoms with Gasteiger partial charge < -0.3 is 10.1 Å².